The van der Waals surface area contributed by atoms with Crippen molar-refractivity contribution in [1.82, 2.24) is 8.61 Å². The van der Waals surface area contributed by atoms with Crippen LogP contribution in [0.2, 0.25) is 0 Å². The van der Waals surface area contributed by atoms with Gasteiger partial charge >= 0.3 is 0 Å². The van der Waals surface area contributed by atoms with Gasteiger partial charge in [0.05, 0.1) is 6.61 Å². The second kappa shape index (κ2) is 5.91. The van der Waals surface area contributed by atoms with Crippen molar-refractivity contribution in [3.05, 3.63) is 0 Å². The van der Waals surface area contributed by atoms with E-state index in [0.717, 1.165) is 38.5 Å². The van der Waals surface area contributed by atoms with Crippen molar-refractivity contribution in [3.8, 4) is 0 Å². The summed E-state index contributed by atoms with van der Waals surface area (Å²) < 4.78 is 29.2. The minimum absolute atomic E-state index is 0.0544. The van der Waals surface area contributed by atoms with Crippen LogP contribution in [0, 0.1) is 5.92 Å². The SMILES string of the molecule is O=S(=O)(N1CCCCC1CO)N1CCC2CCCCC21. The van der Waals surface area contributed by atoms with Crippen LogP contribution >= 0.6 is 0 Å². The molecule has 6 heteroatoms. The molecule has 0 aromatic rings. The first kappa shape index (κ1) is 14.8. The van der Waals surface area contributed by atoms with Gasteiger partial charge in [0.2, 0.25) is 0 Å². The Labute approximate surface area is 122 Å². The molecule has 0 radical (unpaired) electrons. The lowest BCUT2D eigenvalue weighted by Gasteiger charge is -2.39. The van der Waals surface area contributed by atoms with E-state index in [2.05, 4.69) is 0 Å². The van der Waals surface area contributed by atoms with Crippen LogP contribution in [0.25, 0.3) is 0 Å². The van der Waals surface area contributed by atoms with Crippen LogP contribution in [0.3, 0.4) is 0 Å². The highest BCUT2D eigenvalue weighted by molar-refractivity contribution is 7.86. The quantitative estimate of drug-likeness (QED) is 0.856. The number of nitrogens with zero attached hydrogens (tertiary/aromatic N) is 2. The summed E-state index contributed by atoms with van der Waals surface area (Å²) >= 11 is 0. The van der Waals surface area contributed by atoms with Crippen LogP contribution < -0.4 is 0 Å². The first-order valence-corrected chi connectivity index (χ1v) is 9.44. The maximum Gasteiger partial charge on any atom is 0.282 e. The lowest BCUT2D eigenvalue weighted by atomic mass is 9.86. The van der Waals surface area contributed by atoms with E-state index in [9.17, 15) is 13.5 Å². The van der Waals surface area contributed by atoms with Gasteiger partial charge in [-0.3, -0.25) is 0 Å². The average Bonchev–Trinajstić information content (AvgIpc) is 2.92. The van der Waals surface area contributed by atoms with Crippen molar-refractivity contribution in [2.24, 2.45) is 5.92 Å². The summed E-state index contributed by atoms with van der Waals surface area (Å²) in [5.74, 6) is 0.566. The zero-order valence-electron chi connectivity index (χ0n) is 12.1. The van der Waals surface area contributed by atoms with Crippen molar-refractivity contribution < 1.29 is 13.5 Å². The van der Waals surface area contributed by atoms with E-state index in [-0.39, 0.29) is 18.7 Å². The van der Waals surface area contributed by atoms with E-state index in [1.165, 1.54) is 12.8 Å². The first-order chi connectivity index (χ1) is 9.64. The monoisotopic (exact) mass is 302 g/mol. The summed E-state index contributed by atoms with van der Waals surface area (Å²) in [5, 5.41) is 9.48. The average molecular weight is 302 g/mol. The van der Waals surface area contributed by atoms with E-state index >= 15 is 0 Å². The molecule has 2 heterocycles. The Morgan fingerprint density at radius 1 is 0.900 bits per heavy atom. The summed E-state index contributed by atoms with van der Waals surface area (Å²) in [6, 6.07) is 0.00594. The van der Waals surface area contributed by atoms with Gasteiger partial charge in [0, 0.05) is 25.2 Å². The molecule has 3 atom stereocenters. The zero-order chi connectivity index (χ0) is 14.2. The Balaban J connectivity index is 1.80. The van der Waals surface area contributed by atoms with Crippen LogP contribution in [-0.4, -0.2) is 53.9 Å². The smallest absolute Gasteiger partial charge is 0.282 e. The maximum atomic E-state index is 13.0. The molecule has 0 aromatic carbocycles. The minimum atomic E-state index is -3.39. The Morgan fingerprint density at radius 3 is 2.45 bits per heavy atom. The van der Waals surface area contributed by atoms with Crippen molar-refractivity contribution in [2.75, 3.05) is 19.7 Å². The molecule has 0 bridgehead atoms. The van der Waals surface area contributed by atoms with Crippen molar-refractivity contribution in [3.63, 3.8) is 0 Å². The summed E-state index contributed by atoms with van der Waals surface area (Å²) in [6.07, 6.45) is 8.33. The third-order valence-corrected chi connectivity index (χ3v) is 7.46. The van der Waals surface area contributed by atoms with Crippen LogP contribution in [0.1, 0.15) is 51.4 Å². The Hall–Kier alpha value is -0.170. The molecule has 3 fully saturated rings. The number of aliphatic hydroxyl groups excluding tert-OH is 1. The van der Waals surface area contributed by atoms with Crippen molar-refractivity contribution in [2.45, 2.75) is 63.5 Å². The fourth-order valence-corrected chi connectivity index (χ4v) is 6.38. The van der Waals surface area contributed by atoms with E-state index in [1.807, 2.05) is 0 Å². The number of aliphatic hydroxyl groups is 1. The lowest BCUT2D eigenvalue weighted by molar-refractivity contribution is 0.143. The topological polar surface area (TPSA) is 60.9 Å². The van der Waals surface area contributed by atoms with Crippen LogP contribution in [0.4, 0.5) is 0 Å². The molecule has 3 aliphatic rings. The number of rotatable bonds is 3. The molecule has 20 heavy (non-hydrogen) atoms. The van der Waals surface area contributed by atoms with Crippen molar-refractivity contribution >= 4 is 10.2 Å². The first-order valence-electron chi connectivity index (χ1n) is 8.04. The second-order valence-electron chi connectivity index (χ2n) is 6.46. The highest BCUT2D eigenvalue weighted by Crippen LogP contribution is 2.39. The molecule has 2 saturated heterocycles. The van der Waals surface area contributed by atoms with E-state index in [4.69, 9.17) is 0 Å². The molecule has 0 spiro atoms. The fraction of sp³-hybridized carbons (Fsp3) is 1.00. The van der Waals surface area contributed by atoms with Gasteiger partial charge in [0.1, 0.15) is 0 Å². The maximum absolute atomic E-state index is 13.0. The predicted octanol–water partition coefficient (Wildman–Crippen LogP) is 1.34. The van der Waals surface area contributed by atoms with Gasteiger partial charge in [0.15, 0.2) is 0 Å². The summed E-state index contributed by atoms with van der Waals surface area (Å²) in [6.45, 7) is 1.19. The molecular weight excluding hydrogens is 276 g/mol. The lowest BCUT2D eigenvalue weighted by Crippen LogP contribution is -2.53. The molecule has 1 N–H and O–H groups in total. The highest BCUT2D eigenvalue weighted by atomic mass is 32.2. The molecule has 0 amide bonds. The Morgan fingerprint density at radius 2 is 1.65 bits per heavy atom. The summed E-state index contributed by atoms with van der Waals surface area (Å²) in [5.41, 5.74) is 0. The van der Waals surface area contributed by atoms with Crippen LogP contribution in [0.5, 0.6) is 0 Å². The molecule has 116 valence electrons. The fourth-order valence-electron chi connectivity index (χ4n) is 4.24. The Kier molecular flexibility index (Phi) is 4.36. The molecular formula is C14H26N2O3S. The number of hydrogen-bond acceptors (Lipinski definition) is 3. The molecule has 3 unspecified atom stereocenters. The third kappa shape index (κ3) is 2.51. The van der Waals surface area contributed by atoms with Gasteiger partial charge in [0.25, 0.3) is 10.2 Å². The Bertz CT molecular complexity index is 440. The second-order valence-corrected chi connectivity index (χ2v) is 8.30. The van der Waals surface area contributed by atoms with E-state index in [1.54, 1.807) is 8.61 Å². The highest BCUT2D eigenvalue weighted by Gasteiger charge is 2.45. The van der Waals surface area contributed by atoms with E-state index in [0.29, 0.717) is 19.0 Å². The largest absolute Gasteiger partial charge is 0.395 e. The standard InChI is InChI=1S/C14H26N2O3S/c17-11-13-6-3-4-9-15(13)20(18,19)16-10-8-12-5-1-2-7-14(12)16/h12-14,17H,1-11H2. The molecule has 2 aliphatic heterocycles. The van der Waals surface area contributed by atoms with Gasteiger partial charge in [-0.1, -0.05) is 19.3 Å². The van der Waals surface area contributed by atoms with Gasteiger partial charge < -0.3 is 5.11 Å². The van der Waals surface area contributed by atoms with Gasteiger partial charge in [-0.15, -0.1) is 0 Å². The minimum Gasteiger partial charge on any atom is -0.395 e. The van der Waals surface area contributed by atoms with Gasteiger partial charge in [-0.2, -0.15) is 17.0 Å². The molecule has 0 aromatic heterocycles. The normalized spacial score (nSPS) is 37.0. The van der Waals surface area contributed by atoms with Crippen LogP contribution in [0.15, 0.2) is 0 Å². The van der Waals surface area contributed by atoms with Gasteiger partial charge in [-0.05, 0) is 38.0 Å². The third-order valence-electron chi connectivity index (χ3n) is 5.34. The number of fused-ring (bicyclic) bond motifs is 1. The van der Waals surface area contributed by atoms with E-state index < -0.39 is 10.2 Å². The number of piperidine rings is 1. The molecule has 1 aliphatic carbocycles. The number of hydrogen-bond donors (Lipinski definition) is 1. The molecule has 1 saturated carbocycles. The summed E-state index contributed by atoms with van der Waals surface area (Å²) in [4.78, 5) is 0. The van der Waals surface area contributed by atoms with Crippen molar-refractivity contribution in [1.29, 1.82) is 0 Å². The van der Waals surface area contributed by atoms with Crippen LogP contribution in [-0.2, 0) is 10.2 Å². The van der Waals surface area contributed by atoms with Gasteiger partial charge in [-0.25, -0.2) is 0 Å². The summed E-state index contributed by atoms with van der Waals surface area (Å²) in [7, 11) is -3.39. The predicted molar refractivity (Wildman–Crippen MR) is 77.4 cm³/mol. The molecule has 3 rings (SSSR count). The molecule has 5 nitrogen and oxygen atoms in total. The zero-order valence-corrected chi connectivity index (χ0v) is 12.9.